The second kappa shape index (κ2) is 7.90. The number of aromatic hydroxyl groups is 1. The quantitative estimate of drug-likeness (QED) is 0.841. The number of piperidine rings is 1. The number of phenols is 1. The van der Waals surface area contributed by atoms with Crippen molar-refractivity contribution >= 4 is 29.3 Å². The van der Waals surface area contributed by atoms with Gasteiger partial charge < -0.3 is 14.3 Å². The average molecular weight is 354 g/mol. The number of phenolic OH excluding ortho intramolecular Hbond substituents is 1. The fourth-order valence-electron chi connectivity index (χ4n) is 3.32. The van der Waals surface area contributed by atoms with Gasteiger partial charge in [0.25, 0.3) is 0 Å². The molecule has 1 saturated heterocycles. The van der Waals surface area contributed by atoms with Gasteiger partial charge in [-0.2, -0.15) is 0 Å². The van der Waals surface area contributed by atoms with Gasteiger partial charge in [0.1, 0.15) is 22.7 Å². The number of likely N-dealkylation sites (tertiary alicyclic amines) is 1. The SMILES string of the molecule is CCOC(=O)c1c(C)oc2ccc(O)c(CN3CCCCC3)c12.Cl. The van der Waals surface area contributed by atoms with Gasteiger partial charge in [0.15, 0.2) is 0 Å². The molecule has 24 heavy (non-hydrogen) atoms. The maximum absolute atomic E-state index is 12.3. The summed E-state index contributed by atoms with van der Waals surface area (Å²) in [6.45, 7) is 6.50. The highest BCUT2D eigenvalue weighted by atomic mass is 35.5. The number of nitrogens with zero attached hydrogens (tertiary/aromatic N) is 1. The first-order valence-electron chi connectivity index (χ1n) is 8.25. The van der Waals surface area contributed by atoms with Gasteiger partial charge in [-0.15, -0.1) is 12.4 Å². The molecule has 3 rings (SSSR count). The number of halogens is 1. The van der Waals surface area contributed by atoms with Crippen LogP contribution in [-0.4, -0.2) is 35.7 Å². The van der Waals surface area contributed by atoms with Gasteiger partial charge in [0, 0.05) is 17.5 Å². The third kappa shape index (κ3) is 3.52. The number of aryl methyl sites for hydroxylation is 1. The second-order valence-electron chi connectivity index (χ2n) is 6.03. The Kier molecular flexibility index (Phi) is 6.13. The first-order chi connectivity index (χ1) is 11.1. The molecule has 0 spiro atoms. The van der Waals surface area contributed by atoms with E-state index in [-0.39, 0.29) is 18.2 Å². The lowest BCUT2D eigenvalue weighted by Crippen LogP contribution is -2.29. The maximum Gasteiger partial charge on any atom is 0.342 e. The standard InChI is InChI=1S/C18H23NO4.ClH/c1-3-22-18(21)16-12(2)23-15-8-7-14(20)13(17(15)16)11-19-9-5-4-6-10-19;/h7-8,20H,3-6,9-11H2,1-2H3;1H. The fourth-order valence-corrected chi connectivity index (χ4v) is 3.32. The summed E-state index contributed by atoms with van der Waals surface area (Å²) in [5, 5.41) is 11.1. The molecule has 1 aromatic carbocycles. The minimum Gasteiger partial charge on any atom is -0.508 e. The molecular formula is C18H24ClNO4. The molecule has 2 heterocycles. The van der Waals surface area contributed by atoms with Crippen LogP contribution in [0.15, 0.2) is 16.5 Å². The van der Waals surface area contributed by atoms with Crippen LogP contribution in [0.5, 0.6) is 5.75 Å². The summed E-state index contributed by atoms with van der Waals surface area (Å²) in [4.78, 5) is 14.6. The maximum atomic E-state index is 12.3. The summed E-state index contributed by atoms with van der Waals surface area (Å²) < 4.78 is 10.9. The monoisotopic (exact) mass is 353 g/mol. The van der Waals surface area contributed by atoms with E-state index < -0.39 is 5.97 Å². The number of fused-ring (bicyclic) bond motifs is 1. The Hall–Kier alpha value is -1.72. The van der Waals surface area contributed by atoms with E-state index in [1.165, 1.54) is 19.3 Å². The van der Waals surface area contributed by atoms with E-state index in [1.54, 1.807) is 26.0 Å². The van der Waals surface area contributed by atoms with Crippen LogP contribution in [0.25, 0.3) is 11.0 Å². The van der Waals surface area contributed by atoms with Gasteiger partial charge in [-0.1, -0.05) is 6.42 Å². The second-order valence-corrected chi connectivity index (χ2v) is 6.03. The van der Waals surface area contributed by atoms with Crippen LogP contribution in [0.4, 0.5) is 0 Å². The summed E-state index contributed by atoms with van der Waals surface area (Å²) in [6, 6.07) is 3.35. The molecule has 1 aromatic heterocycles. The zero-order valence-corrected chi connectivity index (χ0v) is 14.9. The molecule has 1 N–H and O–H groups in total. The van der Waals surface area contributed by atoms with E-state index in [1.807, 2.05) is 0 Å². The Bertz CT molecular complexity index is 719. The van der Waals surface area contributed by atoms with Crippen molar-refractivity contribution in [1.29, 1.82) is 0 Å². The highest BCUT2D eigenvalue weighted by Gasteiger charge is 2.25. The van der Waals surface area contributed by atoms with Crippen molar-refractivity contribution in [3.63, 3.8) is 0 Å². The molecule has 0 bridgehead atoms. The Morgan fingerprint density at radius 3 is 2.67 bits per heavy atom. The molecule has 1 fully saturated rings. The molecule has 1 aliphatic heterocycles. The third-order valence-electron chi connectivity index (χ3n) is 4.43. The lowest BCUT2D eigenvalue weighted by molar-refractivity contribution is 0.0526. The number of rotatable bonds is 4. The van der Waals surface area contributed by atoms with E-state index in [2.05, 4.69) is 4.90 Å². The molecule has 5 nitrogen and oxygen atoms in total. The fraction of sp³-hybridized carbons (Fsp3) is 0.500. The Morgan fingerprint density at radius 1 is 1.29 bits per heavy atom. The van der Waals surface area contributed by atoms with Crippen molar-refractivity contribution in [3.05, 3.63) is 29.0 Å². The average Bonchev–Trinajstić information content (AvgIpc) is 2.88. The molecule has 0 unspecified atom stereocenters. The molecule has 0 aliphatic carbocycles. The van der Waals surface area contributed by atoms with Gasteiger partial charge >= 0.3 is 5.97 Å². The third-order valence-corrected chi connectivity index (χ3v) is 4.43. The van der Waals surface area contributed by atoms with Gasteiger partial charge in [-0.3, -0.25) is 4.90 Å². The Labute approximate surface area is 148 Å². The number of carbonyl (C=O) groups excluding carboxylic acids is 1. The van der Waals surface area contributed by atoms with E-state index in [9.17, 15) is 9.90 Å². The van der Waals surface area contributed by atoms with Gasteiger partial charge in [0.05, 0.1) is 6.61 Å². The van der Waals surface area contributed by atoms with Crippen LogP contribution in [0.1, 0.15) is 47.9 Å². The predicted molar refractivity (Wildman–Crippen MR) is 94.9 cm³/mol. The first kappa shape index (κ1) is 18.6. The van der Waals surface area contributed by atoms with Crippen molar-refractivity contribution < 1.29 is 19.1 Å². The van der Waals surface area contributed by atoms with E-state index in [0.29, 0.717) is 35.4 Å². The lowest BCUT2D eigenvalue weighted by atomic mass is 10.0. The highest BCUT2D eigenvalue weighted by Crippen LogP contribution is 2.35. The zero-order chi connectivity index (χ0) is 16.4. The molecule has 2 aromatic rings. The van der Waals surface area contributed by atoms with Crippen LogP contribution >= 0.6 is 12.4 Å². The predicted octanol–water partition coefficient (Wildman–Crippen LogP) is 4.03. The number of carbonyl (C=O) groups is 1. The smallest absolute Gasteiger partial charge is 0.342 e. The van der Waals surface area contributed by atoms with Crippen LogP contribution < -0.4 is 0 Å². The first-order valence-corrected chi connectivity index (χ1v) is 8.25. The molecule has 0 amide bonds. The van der Waals surface area contributed by atoms with Crippen molar-refractivity contribution in [3.8, 4) is 5.75 Å². The summed E-state index contributed by atoms with van der Waals surface area (Å²) in [7, 11) is 0. The molecular weight excluding hydrogens is 330 g/mol. The molecule has 0 atom stereocenters. The Morgan fingerprint density at radius 2 is 2.00 bits per heavy atom. The van der Waals surface area contributed by atoms with E-state index in [0.717, 1.165) is 18.7 Å². The summed E-state index contributed by atoms with van der Waals surface area (Å²) in [5.41, 5.74) is 1.81. The van der Waals surface area contributed by atoms with Crippen molar-refractivity contribution in [2.45, 2.75) is 39.7 Å². The largest absolute Gasteiger partial charge is 0.508 e. The van der Waals surface area contributed by atoms with Crippen molar-refractivity contribution in [1.82, 2.24) is 4.90 Å². The van der Waals surface area contributed by atoms with E-state index in [4.69, 9.17) is 9.15 Å². The Balaban J connectivity index is 0.00000208. The minimum absolute atomic E-state index is 0. The summed E-state index contributed by atoms with van der Waals surface area (Å²) in [5.74, 6) is 0.340. The topological polar surface area (TPSA) is 62.9 Å². The normalized spacial score (nSPS) is 15.2. The number of ether oxygens (including phenoxy) is 1. The van der Waals surface area contributed by atoms with Crippen LogP contribution in [0.3, 0.4) is 0 Å². The van der Waals surface area contributed by atoms with Gasteiger partial charge in [0.2, 0.25) is 0 Å². The number of hydrogen-bond acceptors (Lipinski definition) is 5. The summed E-state index contributed by atoms with van der Waals surface area (Å²) in [6.07, 6.45) is 3.60. The minimum atomic E-state index is -0.394. The van der Waals surface area contributed by atoms with Gasteiger partial charge in [-0.25, -0.2) is 4.79 Å². The number of furan rings is 1. The number of esters is 1. The van der Waals surface area contributed by atoms with Crippen LogP contribution in [0.2, 0.25) is 0 Å². The number of benzene rings is 1. The molecule has 1 aliphatic rings. The molecule has 6 heteroatoms. The van der Waals surface area contributed by atoms with E-state index >= 15 is 0 Å². The van der Waals surface area contributed by atoms with Crippen molar-refractivity contribution in [2.75, 3.05) is 19.7 Å². The molecule has 132 valence electrons. The highest BCUT2D eigenvalue weighted by molar-refractivity contribution is 6.06. The van der Waals surface area contributed by atoms with Gasteiger partial charge in [-0.05, 0) is 51.9 Å². The lowest BCUT2D eigenvalue weighted by Gasteiger charge is -2.27. The summed E-state index contributed by atoms with van der Waals surface area (Å²) >= 11 is 0. The zero-order valence-electron chi connectivity index (χ0n) is 14.1. The van der Waals surface area contributed by atoms with Crippen LogP contribution in [0, 0.1) is 6.92 Å². The molecule has 0 saturated carbocycles. The van der Waals surface area contributed by atoms with Crippen LogP contribution in [-0.2, 0) is 11.3 Å². The van der Waals surface area contributed by atoms with Crippen molar-refractivity contribution in [2.24, 2.45) is 0 Å². The number of hydrogen-bond donors (Lipinski definition) is 1. The molecule has 0 radical (unpaired) electrons.